The lowest BCUT2D eigenvalue weighted by atomic mass is 9.92. The van der Waals surface area contributed by atoms with Gasteiger partial charge >= 0.3 is 5.97 Å². The van der Waals surface area contributed by atoms with Crippen molar-refractivity contribution in [1.82, 2.24) is 10.2 Å². The smallest absolute Gasteiger partial charge is 0.308 e. The number of hydrogen-bond acceptors (Lipinski definition) is 3. The Morgan fingerprint density at radius 1 is 1.33 bits per heavy atom. The Balaban J connectivity index is 2.61. The molecule has 0 aromatic heterocycles. The van der Waals surface area contributed by atoms with Crippen molar-refractivity contribution in [2.24, 2.45) is 11.3 Å². The van der Waals surface area contributed by atoms with Crippen LogP contribution in [0.2, 0.25) is 0 Å². The number of nitrogens with one attached hydrogen (secondary N) is 1. The van der Waals surface area contributed by atoms with Crippen LogP contribution in [0.4, 0.5) is 0 Å². The number of nitrogens with zero attached hydrogens (tertiary/aromatic N) is 1. The van der Waals surface area contributed by atoms with Gasteiger partial charge in [0, 0.05) is 32.6 Å². The first kappa shape index (κ1) is 15.0. The predicted octanol–water partition coefficient (Wildman–Crippen LogP) is 0.944. The molecule has 2 N–H and O–H groups in total. The van der Waals surface area contributed by atoms with E-state index >= 15 is 0 Å². The zero-order chi connectivity index (χ0) is 13.9. The number of likely N-dealkylation sites (tertiary alicyclic amines) is 1. The third kappa shape index (κ3) is 4.64. The van der Waals surface area contributed by atoms with Gasteiger partial charge in [0.05, 0.1) is 5.92 Å². The second kappa shape index (κ2) is 5.69. The van der Waals surface area contributed by atoms with Gasteiger partial charge in [0.15, 0.2) is 0 Å². The van der Waals surface area contributed by atoms with Gasteiger partial charge in [0.1, 0.15) is 0 Å². The Labute approximate surface area is 109 Å². The summed E-state index contributed by atoms with van der Waals surface area (Å²) in [5, 5.41) is 12.5. The standard InChI is InChI=1S/C13H24N2O3/c1-9(16)15-6-10(12(17)18)5-11(7-15)14-8-13(2,3)4/h10-11,14H,5-8H2,1-4H3,(H,17,18). The van der Waals surface area contributed by atoms with Crippen LogP contribution < -0.4 is 5.32 Å². The maximum atomic E-state index is 11.4. The number of carboxylic acid groups (broad SMARTS) is 1. The van der Waals surface area contributed by atoms with E-state index in [0.717, 1.165) is 6.54 Å². The van der Waals surface area contributed by atoms with Crippen molar-refractivity contribution in [3.05, 3.63) is 0 Å². The zero-order valence-corrected chi connectivity index (χ0v) is 11.7. The highest BCUT2D eigenvalue weighted by Gasteiger charge is 2.32. The summed E-state index contributed by atoms with van der Waals surface area (Å²) in [6, 6.07) is 0.0722. The topological polar surface area (TPSA) is 69.6 Å². The van der Waals surface area contributed by atoms with Crippen molar-refractivity contribution in [3.63, 3.8) is 0 Å². The Morgan fingerprint density at radius 2 is 1.94 bits per heavy atom. The molecule has 1 aliphatic rings. The Hall–Kier alpha value is -1.10. The number of piperidine rings is 1. The number of carbonyl (C=O) groups is 2. The van der Waals surface area contributed by atoms with E-state index in [1.54, 1.807) is 4.90 Å². The van der Waals surface area contributed by atoms with Crippen molar-refractivity contribution < 1.29 is 14.7 Å². The minimum absolute atomic E-state index is 0.0523. The molecule has 1 amide bonds. The highest BCUT2D eigenvalue weighted by atomic mass is 16.4. The predicted molar refractivity (Wildman–Crippen MR) is 69.2 cm³/mol. The number of carboxylic acids is 1. The van der Waals surface area contributed by atoms with E-state index in [0.29, 0.717) is 19.5 Å². The summed E-state index contributed by atoms with van der Waals surface area (Å²) in [5.74, 6) is -1.33. The van der Waals surface area contributed by atoms with E-state index in [1.807, 2.05) is 0 Å². The van der Waals surface area contributed by atoms with Gasteiger partial charge in [-0.2, -0.15) is 0 Å². The average molecular weight is 256 g/mol. The summed E-state index contributed by atoms with van der Waals surface area (Å²) in [6.45, 7) is 9.62. The first-order valence-electron chi connectivity index (χ1n) is 6.41. The van der Waals surface area contributed by atoms with E-state index in [9.17, 15) is 9.59 Å². The van der Waals surface area contributed by atoms with Crippen LogP contribution in [0.3, 0.4) is 0 Å². The van der Waals surface area contributed by atoms with Crippen LogP contribution in [0.1, 0.15) is 34.1 Å². The quantitative estimate of drug-likeness (QED) is 0.788. The highest BCUT2D eigenvalue weighted by Crippen LogP contribution is 2.19. The lowest BCUT2D eigenvalue weighted by Gasteiger charge is -2.37. The molecule has 1 saturated heterocycles. The van der Waals surface area contributed by atoms with E-state index in [4.69, 9.17) is 5.11 Å². The van der Waals surface area contributed by atoms with Crippen LogP contribution in [-0.2, 0) is 9.59 Å². The van der Waals surface area contributed by atoms with Crippen molar-refractivity contribution in [1.29, 1.82) is 0 Å². The van der Waals surface area contributed by atoms with Gasteiger partial charge in [-0.05, 0) is 11.8 Å². The molecule has 5 nitrogen and oxygen atoms in total. The summed E-state index contributed by atoms with van der Waals surface area (Å²) in [6.07, 6.45) is 0.592. The largest absolute Gasteiger partial charge is 0.481 e. The molecule has 1 aliphatic heterocycles. The average Bonchev–Trinajstić information content (AvgIpc) is 2.25. The van der Waals surface area contributed by atoms with Gasteiger partial charge in [0.2, 0.25) is 5.91 Å². The van der Waals surface area contributed by atoms with Crippen LogP contribution >= 0.6 is 0 Å². The highest BCUT2D eigenvalue weighted by molar-refractivity contribution is 5.76. The number of amides is 1. The molecule has 2 unspecified atom stereocenters. The monoisotopic (exact) mass is 256 g/mol. The van der Waals surface area contributed by atoms with Gasteiger partial charge in [0.25, 0.3) is 0 Å². The molecule has 5 heteroatoms. The lowest BCUT2D eigenvalue weighted by molar-refractivity contribution is -0.145. The third-order valence-electron chi connectivity index (χ3n) is 3.17. The van der Waals surface area contributed by atoms with E-state index in [1.165, 1.54) is 6.92 Å². The number of carbonyl (C=O) groups excluding carboxylic acids is 1. The van der Waals surface area contributed by atoms with Crippen LogP contribution in [0.15, 0.2) is 0 Å². The van der Waals surface area contributed by atoms with Crippen molar-refractivity contribution in [2.45, 2.75) is 40.2 Å². The molecule has 18 heavy (non-hydrogen) atoms. The maximum absolute atomic E-state index is 11.4. The molecule has 0 radical (unpaired) electrons. The van der Waals surface area contributed by atoms with Gasteiger partial charge in [-0.25, -0.2) is 0 Å². The van der Waals surface area contributed by atoms with Crippen LogP contribution in [0, 0.1) is 11.3 Å². The molecular weight excluding hydrogens is 232 g/mol. The summed E-state index contributed by atoms with van der Waals surface area (Å²) in [4.78, 5) is 24.1. The summed E-state index contributed by atoms with van der Waals surface area (Å²) >= 11 is 0. The number of hydrogen-bond donors (Lipinski definition) is 2. The summed E-state index contributed by atoms with van der Waals surface area (Å²) in [7, 11) is 0. The zero-order valence-electron chi connectivity index (χ0n) is 11.7. The normalized spacial score (nSPS) is 25.0. The third-order valence-corrected chi connectivity index (χ3v) is 3.17. The lowest BCUT2D eigenvalue weighted by Crippen LogP contribution is -2.53. The molecule has 1 rings (SSSR count). The Morgan fingerprint density at radius 3 is 2.39 bits per heavy atom. The van der Waals surface area contributed by atoms with Crippen LogP contribution in [0.25, 0.3) is 0 Å². The summed E-state index contributed by atoms with van der Waals surface area (Å²) in [5.41, 5.74) is 0.150. The minimum Gasteiger partial charge on any atom is -0.481 e. The molecule has 2 atom stereocenters. The molecule has 0 aromatic rings. The van der Waals surface area contributed by atoms with Gasteiger partial charge in [-0.3, -0.25) is 9.59 Å². The van der Waals surface area contributed by atoms with Gasteiger partial charge in [-0.15, -0.1) is 0 Å². The Bertz CT molecular complexity index is 301. The second-order valence-electron chi connectivity index (χ2n) is 6.33. The Kier molecular flexibility index (Phi) is 4.73. The van der Waals surface area contributed by atoms with E-state index in [2.05, 4.69) is 26.1 Å². The van der Waals surface area contributed by atoms with Crippen LogP contribution in [0.5, 0.6) is 0 Å². The molecule has 104 valence electrons. The molecular formula is C13H24N2O3. The van der Waals surface area contributed by atoms with Gasteiger partial charge in [-0.1, -0.05) is 20.8 Å². The molecule has 1 fully saturated rings. The van der Waals surface area contributed by atoms with E-state index < -0.39 is 11.9 Å². The second-order valence-corrected chi connectivity index (χ2v) is 6.33. The van der Waals surface area contributed by atoms with Crippen molar-refractivity contribution in [2.75, 3.05) is 19.6 Å². The fourth-order valence-electron chi connectivity index (χ4n) is 2.13. The molecule has 0 aliphatic carbocycles. The molecule has 0 spiro atoms. The van der Waals surface area contributed by atoms with Gasteiger partial charge < -0.3 is 15.3 Å². The first-order chi connectivity index (χ1) is 8.19. The van der Waals surface area contributed by atoms with Crippen molar-refractivity contribution >= 4 is 11.9 Å². The van der Waals surface area contributed by atoms with E-state index in [-0.39, 0.29) is 17.4 Å². The first-order valence-corrected chi connectivity index (χ1v) is 6.41. The molecule has 1 heterocycles. The SMILES string of the molecule is CC(=O)N1CC(NCC(C)(C)C)CC(C(=O)O)C1. The molecule has 0 saturated carbocycles. The van der Waals surface area contributed by atoms with Crippen molar-refractivity contribution in [3.8, 4) is 0 Å². The molecule has 0 bridgehead atoms. The number of rotatable bonds is 3. The van der Waals surface area contributed by atoms with Crippen LogP contribution in [-0.4, -0.2) is 47.6 Å². The molecule has 0 aromatic carbocycles. The fraction of sp³-hybridized carbons (Fsp3) is 0.846. The summed E-state index contributed by atoms with van der Waals surface area (Å²) < 4.78 is 0. The maximum Gasteiger partial charge on any atom is 0.308 e. The number of aliphatic carboxylic acids is 1. The fourth-order valence-corrected chi connectivity index (χ4v) is 2.13. The minimum atomic E-state index is -0.816.